The zero-order valence-corrected chi connectivity index (χ0v) is 13.7. The minimum atomic E-state index is -0.487. The van der Waals surface area contributed by atoms with Crippen LogP contribution >= 0.6 is 0 Å². The number of hydrogen-bond donors (Lipinski definition) is 1. The van der Waals surface area contributed by atoms with Gasteiger partial charge in [-0.3, -0.25) is 14.4 Å². The second kappa shape index (κ2) is 6.46. The first kappa shape index (κ1) is 17.5. The number of phenolic OH excluding ortho intramolecular Hbond substituents is 1. The van der Waals surface area contributed by atoms with Crippen LogP contribution in [-0.4, -0.2) is 79.8 Å². The lowest BCUT2D eigenvalue weighted by Gasteiger charge is -2.18. The van der Waals surface area contributed by atoms with Crippen LogP contribution in [0, 0.1) is 0 Å². The van der Waals surface area contributed by atoms with Crippen LogP contribution in [-0.2, 0) is 0 Å². The molecule has 1 aromatic carbocycles. The summed E-state index contributed by atoms with van der Waals surface area (Å²) in [6.45, 7) is 0. The van der Waals surface area contributed by atoms with Gasteiger partial charge in [0.2, 0.25) is 0 Å². The smallest absolute Gasteiger partial charge is 0.257 e. The molecule has 120 valence electrons. The largest absolute Gasteiger partial charge is 0.506 e. The second-order valence-electron chi connectivity index (χ2n) is 5.52. The highest BCUT2D eigenvalue weighted by atomic mass is 16.3. The van der Waals surface area contributed by atoms with Crippen molar-refractivity contribution in [3.8, 4) is 5.75 Å². The van der Waals surface area contributed by atoms with Gasteiger partial charge in [0.1, 0.15) is 5.75 Å². The summed E-state index contributed by atoms with van der Waals surface area (Å²) in [7, 11) is 9.22. The Morgan fingerprint density at radius 2 is 1.05 bits per heavy atom. The molecule has 0 aliphatic carbocycles. The molecular formula is C15H21N3O4. The van der Waals surface area contributed by atoms with Crippen LogP contribution in [0.1, 0.15) is 31.1 Å². The molecule has 0 radical (unpaired) electrons. The molecule has 7 nitrogen and oxygen atoms in total. The molecule has 0 fully saturated rings. The molecule has 22 heavy (non-hydrogen) atoms. The van der Waals surface area contributed by atoms with Crippen molar-refractivity contribution in [2.24, 2.45) is 0 Å². The number of benzene rings is 1. The first-order chi connectivity index (χ1) is 10.1. The van der Waals surface area contributed by atoms with Crippen LogP contribution in [0.4, 0.5) is 0 Å². The number of nitrogens with zero attached hydrogens (tertiary/aromatic N) is 3. The third-order valence-corrected chi connectivity index (χ3v) is 3.04. The fourth-order valence-electron chi connectivity index (χ4n) is 1.82. The summed E-state index contributed by atoms with van der Waals surface area (Å²) in [4.78, 5) is 40.3. The van der Waals surface area contributed by atoms with E-state index in [0.717, 1.165) is 0 Å². The summed E-state index contributed by atoms with van der Waals surface area (Å²) in [5.41, 5.74) is 0.00370. The Morgan fingerprint density at radius 3 is 1.32 bits per heavy atom. The van der Waals surface area contributed by atoms with Gasteiger partial charge in [-0.1, -0.05) is 0 Å². The monoisotopic (exact) mass is 307 g/mol. The fourth-order valence-corrected chi connectivity index (χ4v) is 1.82. The van der Waals surface area contributed by atoms with Crippen molar-refractivity contribution in [2.75, 3.05) is 42.3 Å². The Balaban J connectivity index is 3.60. The van der Waals surface area contributed by atoms with E-state index in [1.165, 1.54) is 55.0 Å². The van der Waals surface area contributed by atoms with Gasteiger partial charge < -0.3 is 19.8 Å². The molecule has 0 unspecified atom stereocenters. The molecule has 3 amide bonds. The van der Waals surface area contributed by atoms with Crippen LogP contribution < -0.4 is 0 Å². The number of amides is 3. The summed E-state index contributed by atoms with van der Waals surface area (Å²) < 4.78 is 0. The maximum absolute atomic E-state index is 12.2. The van der Waals surface area contributed by atoms with Crippen LogP contribution in [0.25, 0.3) is 0 Å². The Kier molecular flexibility index (Phi) is 5.14. The van der Waals surface area contributed by atoms with E-state index < -0.39 is 17.6 Å². The molecule has 0 atom stereocenters. The summed E-state index contributed by atoms with van der Waals surface area (Å²) in [5.74, 6) is -1.76. The fraction of sp³-hybridized carbons (Fsp3) is 0.400. The number of phenols is 1. The van der Waals surface area contributed by atoms with Crippen molar-refractivity contribution in [3.05, 3.63) is 28.8 Å². The Morgan fingerprint density at radius 1 is 0.727 bits per heavy atom. The summed E-state index contributed by atoms with van der Waals surface area (Å²) in [6.07, 6.45) is 0. The number of hydrogen-bond acceptors (Lipinski definition) is 4. The first-order valence-electron chi connectivity index (χ1n) is 6.59. The lowest BCUT2D eigenvalue weighted by molar-refractivity contribution is 0.0819. The number of carbonyl (C=O) groups is 3. The summed E-state index contributed by atoms with van der Waals surface area (Å²) in [6, 6.07) is 2.60. The zero-order chi connectivity index (χ0) is 17.2. The maximum atomic E-state index is 12.2. The van der Waals surface area contributed by atoms with Crippen molar-refractivity contribution in [2.45, 2.75) is 0 Å². The molecule has 0 spiro atoms. The highest BCUT2D eigenvalue weighted by Crippen LogP contribution is 2.27. The molecular weight excluding hydrogens is 286 g/mol. The Bertz CT molecular complexity index is 580. The number of carbonyl (C=O) groups excluding carboxylic acids is 3. The van der Waals surface area contributed by atoms with Crippen LogP contribution in [0.3, 0.4) is 0 Å². The van der Waals surface area contributed by atoms with Crippen molar-refractivity contribution in [3.63, 3.8) is 0 Å². The minimum Gasteiger partial charge on any atom is -0.506 e. The molecule has 0 heterocycles. The quantitative estimate of drug-likeness (QED) is 0.881. The molecule has 0 aliphatic rings. The molecule has 0 bridgehead atoms. The van der Waals surface area contributed by atoms with Gasteiger partial charge in [-0.25, -0.2) is 0 Å². The average molecular weight is 307 g/mol. The lowest BCUT2D eigenvalue weighted by atomic mass is 10.0. The Labute approximate surface area is 129 Å². The van der Waals surface area contributed by atoms with E-state index in [0.29, 0.717) is 0 Å². The van der Waals surface area contributed by atoms with E-state index in [2.05, 4.69) is 0 Å². The average Bonchev–Trinajstić information content (AvgIpc) is 2.44. The van der Waals surface area contributed by atoms with Gasteiger partial charge in [0.05, 0.1) is 11.1 Å². The van der Waals surface area contributed by atoms with Gasteiger partial charge in [-0.2, -0.15) is 0 Å². The molecule has 1 aromatic rings. The standard InChI is InChI=1S/C15H21N3O4/c1-16(2)13(20)9-7-10(14(21)17(3)4)12(19)11(8-9)15(22)18(5)6/h7-8,19H,1-6H3. The predicted octanol–water partition coefficient (Wildman–Crippen LogP) is 0.498. The predicted molar refractivity (Wildman–Crippen MR) is 82.2 cm³/mol. The third kappa shape index (κ3) is 3.36. The van der Waals surface area contributed by atoms with Gasteiger partial charge >= 0.3 is 0 Å². The van der Waals surface area contributed by atoms with Crippen LogP contribution in [0.15, 0.2) is 12.1 Å². The molecule has 0 aromatic heterocycles. The highest BCUT2D eigenvalue weighted by molar-refractivity contribution is 6.07. The van der Waals surface area contributed by atoms with E-state index in [1.54, 1.807) is 14.1 Å². The highest BCUT2D eigenvalue weighted by Gasteiger charge is 2.24. The minimum absolute atomic E-state index is 0.0806. The van der Waals surface area contributed by atoms with Crippen molar-refractivity contribution < 1.29 is 19.5 Å². The topological polar surface area (TPSA) is 81.2 Å². The van der Waals surface area contributed by atoms with Crippen LogP contribution in [0.2, 0.25) is 0 Å². The second-order valence-corrected chi connectivity index (χ2v) is 5.52. The summed E-state index contributed by atoms with van der Waals surface area (Å²) in [5, 5.41) is 10.3. The van der Waals surface area contributed by atoms with Crippen molar-refractivity contribution >= 4 is 17.7 Å². The first-order valence-corrected chi connectivity index (χ1v) is 6.59. The Hall–Kier alpha value is -2.57. The van der Waals surface area contributed by atoms with E-state index in [9.17, 15) is 19.5 Å². The van der Waals surface area contributed by atoms with Gasteiger partial charge in [0, 0.05) is 47.8 Å². The molecule has 7 heteroatoms. The zero-order valence-electron chi connectivity index (χ0n) is 13.7. The van der Waals surface area contributed by atoms with E-state index in [4.69, 9.17) is 0 Å². The molecule has 1 rings (SSSR count). The van der Waals surface area contributed by atoms with Crippen molar-refractivity contribution in [1.29, 1.82) is 0 Å². The molecule has 1 N–H and O–H groups in total. The lowest BCUT2D eigenvalue weighted by Crippen LogP contribution is -2.27. The van der Waals surface area contributed by atoms with Crippen LogP contribution in [0.5, 0.6) is 5.75 Å². The molecule has 0 saturated carbocycles. The molecule has 0 aliphatic heterocycles. The number of aromatic hydroxyl groups is 1. The van der Waals surface area contributed by atoms with Crippen molar-refractivity contribution in [1.82, 2.24) is 14.7 Å². The van der Waals surface area contributed by atoms with Gasteiger partial charge in [0.25, 0.3) is 17.7 Å². The van der Waals surface area contributed by atoms with Gasteiger partial charge in [0.15, 0.2) is 0 Å². The summed E-state index contributed by atoms with van der Waals surface area (Å²) >= 11 is 0. The van der Waals surface area contributed by atoms with Gasteiger partial charge in [-0.15, -0.1) is 0 Å². The maximum Gasteiger partial charge on any atom is 0.257 e. The third-order valence-electron chi connectivity index (χ3n) is 3.04. The van der Waals surface area contributed by atoms with E-state index in [-0.39, 0.29) is 22.6 Å². The number of rotatable bonds is 3. The van der Waals surface area contributed by atoms with Gasteiger partial charge in [-0.05, 0) is 12.1 Å². The van der Waals surface area contributed by atoms with E-state index in [1.807, 2.05) is 0 Å². The SMILES string of the molecule is CN(C)C(=O)c1cc(C(=O)N(C)C)c(O)c(C(=O)N(C)C)c1. The van der Waals surface area contributed by atoms with E-state index >= 15 is 0 Å². The molecule has 0 saturated heterocycles. The normalized spacial score (nSPS) is 10.1.